The van der Waals surface area contributed by atoms with Gasteiger partial charge in [0.15, 0.2) is 5.78 Å². The highest BCUT2D eigenvalue weighted by atomic mass is 16.5. The SMILES string of the molecule is CO[C@H]1CCC[C@H]2C=CCC(=O)C=C21. The van der Waals surface area contributed by atoms with E-state index in [2.05, 4.69) is 6.08 Å². The van der Waals surface area contributed by atoms with E-state index in [1.54, 1.807) is 13.2 Å². The molecule has 2 aliphatic rings. The van der Waals surface area contributed by atoms with Crippen LogP contribution in [0.25, 0.3) is 0 Å². The Balaban J connectivity index is 2.28. The highest BCUT2D eigenvalue weighted by molar-refractivity contribution is 5.92. The van der Waals surface area contributed by atoms with Gasteiger partial charge in [0.25, 0.3) is 0 Å². The third-order valence-corrected chi connectivity index (χ3v) is 3.08. The highest BCUT2D eigenvalue weighted by Gasteiger charge is 2.27. The summed E-state index contributed by atoms with van der Waals surface area (Å²) in [4.78, 5) is 11.4. The summed E-state index contributed by atoms with van der Waals surface area (Å²) in [7, 11) is 1.73. The Bertz CT molecular complexity index is 289. The lowest BCUT2D eigenvalue weighted by molar-refractivity contribution is -0.113. The monoisotopic (exact) mass is 192 g/mol. The lowest BCUT2D eigenvalue weighted by Gasteiger charge is -2.29. The summed E-state index contributed by atoms with van der Waals surface area (Å²) in [6, 6.07) is 0. The summed E-state index contributed by atoms with van der Waals surface area (Å²) < 4.78 is 5.41. The van der Waals surface area contributed by atoms with Gasteiger partial charge in [-0.15, -0.1) is 0 Å². The van der Waals surface area contributed by atoms with Crippen LogP contribution in [0.3, 0.4) is 0 Å². The maximum atomic E-state index is 11.4. The minimum Gasteiger partial charge on any atom is -0.377 e. The largest absolute Gasteiger partial charge is 0.377 e. The molecule has 76 valence electrons. The van der Waals surface area contributed by atoms with Crippen LogP contribution in [0.5, 0.6) is 0 Å². The molecule has 0 aromatic carbocycles. The molecule has 0 bridgehead atoms. The number of fused-ring (bicyclic) bond motifs is 1. The third-order valence-electron chi connectivity index (χ3n) is 3.08. The maximum Gasteiger partial charge on any atom is 0.159 e. The fraction of sp³-hybridized carbons (Fsp3) is 0.583. The zero-order valence-corrected chi connectivity index (χ0v) is 8.53. The predicted octanol–water partition coefficient (Wildman–Crippen LogP) is 2.26. The average molecular weight is 192 g/mol. The molecule has 0 amide bonds. The summed E-state index contributed by atoms with van der Waals surface area (Å²) >= 11 is 0. The van der Waals surface area contributed by atoms with E-state index in [1.165, 1.54) is 12.0 Å². The van der Waals surface area contributed by atoms with E-state index in [4.69, 9.17) is 4.74 Å². The number of hydrogen-bond donors (Lipinski definition) is 0. The van der Waals surface area contributed by atoms with E-state index in [-0.39, 0.29) is 11.9 Å². The Labute approximate surface area is 84.6 Å². The van der Waals surface area contributed by atoms with Gasteiger partial charge in [-0.05, 0) is 30.9 Å². The molecule has 2 atom stereocenters. The molecule has 2 aliphatic carbocycles. The van der Waals surface area contributed by atoms with Gasteiger partial charge < -0.3 is 4.74 Å². The molecule has 0 aliphatic heterocycles. The molecule has 0 radical (unpaired) electrons. The number of hydrogen-bond acceptors (Lipinski definition) is 2. The molecule has 1 fully saturated rings. The topological polar surface area (TPSA) is 26.3 Å². The minimum absolute atomic E-state index is 0.167. The molecule has 0 spiro atoms. The van der Waals surface area contributed by atoms with Crippen LogP contribution in [0.15, 0.2) is 23.8 Å². The Morgan fingerprint density at radius 1 is 1.43 bits per heavy atom. The third kappa shape index (κ3) is 1.80. The van der Waals surface area contributed by atoms with Crippen molar-refractivity contribution in [1.82, 2.24) is 0 Å². The normalized spacial score (nSPS) is 32.1. The predicted molar refractivity (Wildman–Crippen MR) is 55.0 cm³/mol. The maximum absolute atomic E-state index is 11.4. The van der Waals surface area contributed by atoms with E-state index in [9.17, 15) is 4.79 Å². The van der Waals surface area contributed by atoms with Crippen LogP contribution >= 0.6 is 0 Å². The Kier molecular flexibility index (Phi) is 2.82. The zero-order valence-electron chi connectivity index (χ0n) is 8.53. The van der Waals surface area contributed by atoms with Crippen molar-refractivity contribution in [3.63, 3.8) is 0 Å². The van der Waals surface area contributed by atoms with Gasteiger partial charge in [0.2, 0.25) is 0 Å². The van der Waals surface area contributed by atoms with Crippen molar-refractivity contribution in [3.8, 4) is 0 Å². The minimum atomic E-state index is 0.167. The van der Waals surface area contributed by atoms with Crippen LogP contribution in [-0.4, -0.2) is 19.0 Å². The fourth-order valence-corrected chi connectivity index (χ4v) is 2.35. The van der Waals surface area contributed by atoms with Gasteiger partial charge in [-0.1, -0.05) is 12.2 Å². The van der Waals surface area contributed by atoms with Gasteiger partial charge in [0, 0.05) is 19.4 Å². The molecule has 2 nitrogen and oxygen atoms in total. The lowest BCUT2D eigenvalue weighted by atomic mass is 9.82. The standard InChI is InChI=1S/C12H16O2/c1-14-12-7-3-5-9-4-2-6-10(13)8-11(9)12/h2,4,8-9,12H,3,5-7H2,1H3/t9-,12+/m1/s1. The van der Waals surface area contributed by atoms with Crippen molar-refractivity contribution in [3.05, 3.63) is 23.8 Å². The van der Waals surface area contributed by atoms with Crippen molar-refractivity contribution < 1.29 is 9.53 Å². The average Bonchev–Trinajstić information content (AvgIpc) is 2.38. The first kappa shape index (κ1) is 9.66. The van der Waals surface area contributed by atoms with Crippen molar-refractivity contribution in [2.75, 3.05) is 7.11 Å². The number of rotatable bonds is 1. The molecule has 0 aromatic rings. The van der Waals surface area contributed by atoms with Crippen LogP contribution < -0.4 is 0 Å². The smallest absolute Gasteiger partial charge is 0.159 e. The number of ketones is 1. The molecular formula is C12H16O2. The second kappa shape index (κ2) is 4.09. The van der Waals surface area contributed by atoms with Gasteiger partial charge in [-0.2, -0.15) is 0 Å². The molecule has 0 aromatic heterocycles. The Morgan fingerprint density at radius 2 is 2.29 bits per heavy atom. The second-order valence-corrected chi connectivity index (χ2v) is 4.00. The molecule has 1 saturated carbocycles. The van der Waals surface area contributed by atoms with E-state index in [0.717, 1.165) is 12.8 Å². The van der Waals surface area contributed by atoms with Crippen LogP contribution in [0, 0.1) is 5.92 Å². The van der Waals surface area contributed by atoms with Crippen LogP contribution in [0.1, 0.15) is 25.7 Å². The quantitative estimate of drug-likeness (QED) is 0.596. The van der Waals surface area contributed by atoms with Gasteiger partial charge in [0.1, 0.15) is 0 Å². The molecule has 2 rings (SSSR count). The summed E-state index contributed by atoms with van der Waals surface area (Å²) in [5.74, 6) is 0.655. The van der Waals surface area contributed by atoms with E-state index in [1.807, 2.05) is 6.08 Å². The van der Waals surface area contributed by atoms with E-state index >= 15 is 0 Å². The van der Waals surface area contributed by atoms with Crippen molar-refractivity contribution >= 4 is 5.78 Å². The number of methoxy groups -OCH3 is 1. The first-order chi connectivity index (χ1) is 6.81. The highest BCUT2D eigenvalue weighted by Crippen LogP contribution is 2.33. The van der Waals surface area contributed by atoms with Crippen LogP contribution in [0.2, 0.25) is 0 Å². The van der Waals surface area contributed by atoms with Crippen LogP contribution in [0.4, 0.5) is 0 Å². The van der Waals surface area contributed by atoms with Gasteiger partial charge in [-0.3, -0.25) is 4.79 Å². The Hall–Kier alpha value is -0.890. The van der Waals surface area contributed by atoms with Crippen molar-refractivity contribution in [2.24, 2.45) is 5.92 Å². The van der Waals surface area contributed by atoms with Gasteiger partial charge in [-0.25, -0.2) is 0 Å². The number of ether oxygens (including phenoxy) is 1. The number of carbonyl (C=O) groups excluding carboxylic acids is 1. The van der Waals surface area contributed by atoms with E-state index < -0.39 is 0 Å². The number of allylic oxidation sites excluding steroid dienone is 3. The summed E-state index contributed by atoms with van der Waals surface area (Å²) in [6.45, 7) is 0. The fourth-order valence-electron chi connectivity index (χ4n) is 2.35. The number of carbonyl (C=O) groups is 1. The second-order valence-electron chi connectivity index (χ2n) is 4.00. The first-order valence-electron chi connectivity index (χ1n) is 5.25. The first-order valence-corrected chi connectivity index (χ1v) is 5.25. The lowest BCUT2D eigenvalue weighted by Crippen LogP contribution is -2.24. The Morgan fingerprint density at radius 3 is 3.07 bits per heavy atom. The van der Waals surface area contributed by atoms with E-state index in [0.29, 0.717) is 12.3 Å². The molecule has 0 N–H and O–H groups in total. The zero-order chi connectivity index (χ0) is 9.97. The molecule has 0 saturated heterocycles. The summed E-state index contributed by atoms with van der Waals surface area (Å²) in [6.07, 6.45) is 10.1. The van der Waals surface area contributed by atoms with Crippen molar-refractivity contribution in [1.29, 1.82) is 0 Å². The molecular weight excluding hydrogens is 176 g/mol. The summed E-state index contributed by atoms with van der Waals surface area (Å²) in [5.41, 5.74) is 1.19. The molecule has 2 heteroatoms. The van der Waals surface area contributed by atoms with Gasteiger partial charge >= 0.3 is 0 Å². The van der Waals surface area contributed by atoms with Crippen LogP contribution in [-0.2, 0) is 9.53 Å². The molecule has 14 heavy (non-hydrogen) atoms. The molecule has 0 heterocycles. The van der Waals surface area contributed by atoms with Gasteiger partial charge in [0.05, 0.1) is 6.10 Å². The van der Waals surface area contributed by atoms with Crippen molar-refractivity contribution in [2.45, 2.75) is 31.8 Å². The summed E-state index contributed by atoms with van der Waals surface area (Å²) in [5, 5.41) is 0. The molecule has 0 unspecified atom stereocenters.